The molecule has 2 aromatic carbocycles. The molecule has 1 N–H and O–H groups in total. The van der Waals surface area contributed by atoms with Crippen molar-refractivity contribution in [2.24, 2.45) is 11.3 Å². The molecule has 1 aliphatic heterocycles. The van der Waals surface area contributed by atoms with Gasteiger partial charge in [-0.2, -0.15) is 0 Å². The zero-order chi connectivity index (χ0) is 24.6. The number of hydrogen-bond acceptors (Lipinski definition) is 5. The number of carbonyl (C=O) groups excluding carboxylic acids is 2. The standard InChI is InChI=1S/C28H32N2O4/c1-6-34-27(32)25-23(18-9-13-20(33-5)14-10-18)24-21(15-28(3,4)16-22(24)31)30(26(25)29)19-11-7-17(2)8-12-19/h7-14,23,25,29H,6,15-16H2,1-5H3. The molecule has 0 amide bonds. The summed E-state index contributed by atoms with van der Waals surface area (Å²) < 4.78 is 10.8. The second kappa shape index (κ2) is 9.09. The number of nitrogens with zero attached hydrogens (tertiary/aromatic N) is 1. The quantitative estimate of drug-likeness (QED) is 0.604. The summed E-state index contributed by atoms with van der Waals surface area (Å²) in [6.45, 7) is 8.11. The summed E-state index contributed by atoms with van der Waals surface area (Å²) in [5.41, 5.74) is 3.83. The Morgan fingerprint density at radius 1 is 1.09 bits per heavy atom. The number of rotatable bonds is 5. The van der Waals surface area contributed by atoms with Crippen LogP contribution in [-0.4, -0.2) is 31.3 Å². The summed E-state index contributed by atoms with van der Waals surface area (Å²) in [6.07, 6.45) is 1.02. The van der Waals surface area contributed by atoms with E-state index in [9.17, 15) is 15.0 Å². The van der Waals surface area contributed by atoms with Crippen molar-refractivity contribution in [1.29, 1.82) is 5.41 Å². The molecule has 2 unspecified atom stereocenters. The molecule has 4 rings (SSSR count). The lowest BCUT2D eigenvalue weighted by Crippen LogP contribution is -2.51. The van der Waals surface area contributed by atoms with Gasteiger partial charge < -0.3 is 14.4 Å². The van der Waals surface area contributed by atoms with Crippen LogP contribution in [0, 0.1) is 23.7 Å². The summed E-state index contributed by atoms with van der Waals surface area (Å²) in [5.74, 6) is -1.17. The summed E-state index contributed by atoms with van der Waals surface area (Å²) in [4.78, 5) is 28.8. The van der Waals surface area contributed by atoms with Crippen molar-refractivity contribution in [2.75, 3.05) is 18.6 Å². The van der Waals surface area contributed by atoms with E-state index in [0.29, 0.717) is 24.2 Å². The Bertz CT molecular complexity index is 1150. The molecular formula is C28H32N2O4. The van der Waals surface area contributed by atoms with Crippen LogP contribution in [0.3, 0.4) is 0 Å². The number of carbonyl (C=O) groups is 2. The minimum atomic E-state index is -0.932. The Morgan fingerprint density at radius 2 is 1.74 bits per heavy atom. The van der Waals surface area contributed by atoms with Crippen molar-refractivity contribution in [2.45, 2.75) is 46.5 Å². The van der Waals surface area contributed by atoms with E-state index in [1.165, 1.54) is 0 Å². The van der Waals surface area contributed by atoms with Crippen LogP contribution in [-0.2, 0) is 14.3 Å². The number of ether oxygens (including phenoxy) is 2. The van der Waals surface area contributed by atoms with Crippen molar-refractivity contribution in [3.05, 3.63) is 70.9 Å². The Morgan fingerprint density at radius 3 is 2.32 bits per heavy atom. The number of nitrogens with one attached hydrogen (secondary N) is 1. The van der Waals surface area contributed by atoms with Gasteiger partial charge >= 0.3 is 5.97 Å². The number of methoxy groups -OCH3 is 1. The number of ketones is 1. The predicted octanol–water partition coefficient (Wildman–Crippen LogP) is 5.41. The van der Waals surface area contributed by atoms with Crippen LogP contribution in [0.25, 0.3) is 0 Å². The largest absolute Gasteiger partial charge is 0.497 e. The van der Waals surface area contributed by atoms with Gasteiger partial charge in [0.05, 0.1) is 13.7 Å². The number of esters is 1. The van der Waals surface area contributed by atoms with E-state index in [4.69, 9.17) is 9.47 Å². The van der Waals surface area contributed by atoms with Crippen LogP contribution < -0.4 is 9.64 Å². The zero-order valence-electron chi connectivity index (χ0n) is 20.5. The Labute approximate surface area is 201 Å². The Balaban J connectivity index is 1.97. The maximum Gasteiger partial charge on any atom is 0.317 e. The highest BCUT2D eigenvalue weighted by Gasteiger charge is 2.50. The molecule has 2 atom stereocenters. The zero-order valence-corrected chi connectivity index (χ0v) is 20.5. The normalized spacial score (nSPS) is 21.9. The third-order valence-corrected chi connectivity index (χ3v) is 6.65. The molecule has 34 heavy (non-hydrogen) atoms. The first-order valence-corrected chi connectivity index (χ1v) is 11.7. The molecule has 178 valence electrons. The number of anilines is 1. The number of aryl methyl sites for hydroxylation is 1. The SMILES string of the molecule is CCOC(=O)C1C(=N)N(c2ccc(C)cc2)C2=C(C(=O)CC(C)(C)C2)C1c1ccc(OC)cc1. The summed E-state index contributed by atoms with van der Waals surface area (Å²) >= 11 is 0. The van der Waals surface area contributed by atoms with Gasteiger partial charge in [-0.15, -0.1) is 0 Å². The monoisotopic (exact) mass is 460 g/mol. The highest BCUT2D eigenvalue weighted by atomic mass is 16.5. The number of amidine groups is 1. The van der Waals surface area contributed by atoms with E-state index in [1.807, 2.05) is 55.5 Å². The molecule has 6 heteroatoms. The van der Waals surface area contributed by atoms with Crippen LogP contribution >= 0.6 is 0 Å². The van der Waals surface area contributed by atoms with Crippen molar-refractivity contribution in [3.63, 3.8) is 0 Å². The minimum absolute atomic E-state index is 0.0194. The van der Waals surface area contributed by atoms with E-state index < -0.39 is 17.8 Å². The van der Waals surface area contributed by atoms with E-state index >= 15 is 0 Å². The molecule has 0 saturated heterocycles. The number of benzene rings is 2. The first-order valence-electron chi connectivity index (χ1n) is 11.7. The lowest BCUT2D eigenvalue weighted by atomic mass is 9.66. The van der Waals surface area contributed by atoms with Gasteiger partial charge in [-0.05, 0) is 55.5 Å². The fourth-order valence-corrected chi connectivity index (χ4v) is 5.10. The second-order valence-corrected chi connectivity index (χ2v) is 9.84. The van der Waals surface area contributed by atoms with Gasteiger partial charge in [0.1, 0.15) is 17.5 Å². The van der Waals surface area contributed by atoms with Crippen LogP contribution in [0.4, 0.5) is 5.69 Å². The molecule has 2 aliphatic rings. The van der Waals surface area contributed by atoms with Gasteiger partial charge in [-0.25, -0.2) is 0 Å². The summed E-state index contributed by atoms with van der Waals surface area (Å²) in [7, 11) is 1.60. The molecule has 1 heterocycles. The van der Waals surface area contributed by atoms with Crippen molar-refractivity contribution in [3.8, 4) is 5.75 Å². The molecule has 0 aromatic heterocycles. The smallest absolute Gasteiger partial charge is 0.317 e. The fourth-order valence-electron chi connectivity index (χ4n) is 5.10. The summed E-state index contributed by atoms with van der Waals surface area (Å²) in [6, 6.07) is 15.2. The lowest BCUT2D eigenvalue weighted by molar-refractivity contribution is -0.146. The molecular weight excluding hydrogens is 428 g/mol. The van der Waals surface area contributed by atoms with E-state index in [2.05, 4.69) is 13.8 Å². The number of hydrogen-bond donors (Lipinski definition) is 1. The molecule has 0 bridgehead atoms. The first-order chi connectivity index (χ1) is 16.2. The number of allylic oxidation sites excluding steroid dienone is 2. The molecule has 0 radical (unpaired) electrons. The molecule has 2 aromatic rings. The van der Waals surface area contributed by atoms with Crippen molar-refractivity contribution >= 4 is 23.3 Å². The van der Waals surface area contributed by atoms with Crippen molar-refractivity contribution in [1.82, 2.24) is 0 Å². The third-order valence-electron chi connectivity index (χ3n) is 6.65. The van der Waals surface area contributed by atoms with E-state index in [-0.39, 0.29) is 23.6 Å². The highest BCUT2D eigenvalue weighted by Crippen LogP contribution is 2.50. The van der Waals surface area contributed by atoms with Gasteiger partial charge in [0.2, 0.25) is 0 Å². The van der Waals surface area contributed by atoms with Gasteiger partial charge in [0, 0.05) is 29.3 Å². The first kappa shape index (κ1) is 23.7. The molecule has 0 saturated carbocycles. The van der Waals surface area contributed by atoms with E-state index in [0.717, 1.165) is 22.5 Å². The Kier molecular flexibility index (Phi) is 6.34. The van der Waals surface area contributed by atoms with Crippen LogP contribution in [0.5, 0.6) is 5.75 Å². The Hall–Kier alpha value is -3.41. The summed E-state index contributed by atoms with van der Waals surface area (Å²) in [5, 5.41) is 9.23. The average molecular weight is 461 g/mol. The number of Topliss-reactive ketones (excluding diaryl/α,β-unsaturated/α-hetero) is 1. The van der Waals surface area contributed by atoms with Crippen LogP contribution in [0.1, 0.15) is 50.7 Å². The van der Waals surface area contributed by atoms with Gasteiger partial charge in [-0.1, -0.05) is 43.7 Å². The molecule has 6 nitrogen and oxygen atoms in total. The maximum absolute atomic E-state index is 13.7. The van der Waals surface area contributed by atoms with Crippen LogP contribution in [0.2, 0.25) is 0 Å². The van der Waals surface area contributed by atoms with Crippen molar-refractivity contribution < 1.29 is 19.1 Å². The molecule has 0 fully saturated rings. The lowest BCUT2D eigenvalue weighted by Gasteiger charge is -2.46. The topological polar surface area (TPSA) is 79.7 Å². The average Bonchev–Trinajstić information content (AvgIpc) is 2.78. The fraction of sp³-hybridized carbons (Fsp3) is 0.393. The van der Waals surface area contributed by atoms with Gasteiger partial charge in [0.25, 0.3) is 0 Å². The van der Waals surface area contributed by atoms with Crippen LogP contribution in [0.15, 0.2) is 59.8 Å². The highest BCUT2D eigenvalue weighted by molar-refractivity contribution is 6.16. The van der Waals surface area contributed by atoms with E-state index in [1.54, 1.807) is 18.9 Å². The van der Waals surface area contributed by atoms with Gasteiger partial charge in [0.15, 0.2) is 5.78 Å². The molecule has 1 aliphatic carbocycles. The molecule has 0 spiro atoms. The predicted molar refractivity (Wildman–Crippen MR) is 132 cm³/mol. The second-order valence-electron chi connectivity index (χ2n) is 9.84. The minimum Gasteiger partial charge on any atom is -0.497 e. The van der Waals surface area contributed by atoms with Gasteiger partial charge in [-0.3, -0.25) is 15.0 Å². The maximum atomic E-state index is 13.7. The third kappa shape index (κ3) is 4.25.